The maximum atomic E-state index is 12.8. The first-order chi connectivity index (χ1) is 21.7. The molecule has 0 spiro atoms. The summed E-state index contributed by atoms with van der Waals surface area (Å²) < 4.78 is 50.9. The highest BCUT2D eigenvalue weighted by atomic mass is 32.3. The Bertz CT molecular complexity index is 1350. The molecule has 4 fully saturated rings. The number of fused-ring (bicyclic) bond motifs is 5. The third-order valence-electron chi connectivity index (χ3n) is 12.3. The van der Waals surface area contributed by atoms with Gasteiger partial charge in [-0.1, -0.05) is 39.3 Å². The Morgan fingerprint density at radius 2 is 1.74 bits per heavy atom. The van der Waals surface area contributed by atoms with Gasteiger partial charge in [0.1, 0.15) is 24.1 Å². The Kier molecular flexibility index (Phi) is 10.2. The second-order valence-electron chi connectivity index (χ2n) is 16.0. The van der Waals surface area contributed by atoms with Crippen LogP contribution in [0.2, 0.25) is 0 Å². The van der Waals surface area contributed by atoms with Crippen LogP contribution in [0.5, 0.6) is 0 Å². The zero-order valence-electron chi connectivity index (χ0n) is 27.8. The van der Waals surface area contributed by atoms with E-state index in [0.717, 1.165) is 12.8 Å². The van der Waals surface area contributed by atoms with Gasteiger partial charge in [-0.25, -0.2) is 8.98 Å². The molecule has 1 saturated heterocycles. The highest BCUT2D eigenvalue weighted by Crippen LogP contribution is 2.67. The van der Waals surface area contributed by atoms with Crippen LogP contribution in [0.3, 0.4) is 0 Å². The topological polar surface area (TPSA) is 217 Å². The van der Waals surface area contributed by atoms with E-state index in [1.54, 1.807) is 6.92 Å². The highest BCUT2D eigenvalue weighted by Gasteiger charge is 2.62. The van der Waals surface area contributed by atoms with Crippen LogP contribution < -0.4 is 0 Å². The van der Waals surface area contributed by atoms with Crippen LogP contribution in [0.25, 0.3) is 0 Å². The number of carboxylic acids is 1. The number of carbonyl (C=O) groups excluding carboxylic acids is 1. The molecule has 1 heterocycles. The number of hydrogen-bond donors (Lipinski definition) is 6. The predicted octanol–water partition coefficient (Wildman–Crippen LogP) is 2.40. The summed E-state index contributed by atoms with van der Waals surface area (Å²) in [6, 6.07) is 0. The van der Waals surface area contributed by atoms with E-state index in [-0.39, 0.29) is 47.7 Å². The van der Waals surface area contributed by atoms with Crippen LogP contribution >= 0.6 is 0 Å². The van der Waals surface area contributed by atoms with Crippen LogP contribution in [0.4, 0.5) is 0 Å². The van der Waals surface area contributed by atoms with Crippen molar-refractivity contribution in [2.24, 2.45) is 40.4 Å². The van der Waals surface area contributed by atoms with Gasteiger partial charge in [0.05, 0.1) is 17.8 Å². The van der Waals surface area contributed by atoms with Crippen LogP contribution in [0.15, 0.2) is 11.6 Å². The first kappa shape index (κ1) is 36.8. The molecule has 5 aliphatic rings. The normalized spacial score (nSPS) is 44.9. The van der Waals surface area contributed by atoms with Gasteiger partial charge in [0.15, 0.2) is 12.4 Å². The number of hydrogen-bond acceptors (Lipinski definition) is 11. The minimum absolute atomic E-state index is 0.0352. The lowest BCUT2D eigenvalue weighted by Crippen LogP contribution is -2.61. The van der Waals surface area contributed by atoms with E-state index in [2.05, 4.69) is 19.9 Å². The fraction of sp³-hybridized carbons (Fsp3) is 0.879. The largest absolute Gasteiger partial charge is 0.479 e. The Morgan fingerprint density at radius 1 is 1.06 bits per heavy atom. The standard InChI is InChI=1S/C33H52O13S/c1-16(2)12-17(34)15-33(5,40)24-7-6-20-19-14-23(46-47(41,42)43)22-13-18(8-10-31(22,3)21(19)9-11-32(20,24)4)44-30-27(37)25(35)26(36)28(45-30)29(38)39/h9,16,18-20,22-28,30,35-37,40H,6-8,10-15H2,1-5H3,(H,38,39)(H,41,42,43)/t18-,19-,20-,22?,23?,24-,25-,26-,27+,28-,30+,31+,32-,33-/m0/s1. The van der Waals surface area contributed by atoms with Gasteiger partial charge in [0.2, 0.25) is 0 Å². The second-order valence-corrected chi connectivity index (χ2v) is 17.0. The summed E-state index contributed by atoms with van der Waals surface area (Å²) in [5, 5.41) is 52.0. The van der Waals surface area contributed by atoms with Crippen molar-refractivity contribution in [2.75, 3.05) is 0 Å². The van der Waals surface area contributed by atoms with Crippen molar-refractivity contribution >= 4 is 22.2 Å². The van der Waals surface area contributed by atoms with Crippen molar-refractivity contribution in [3.05, 3.63) is 11.6 Å². The summed E-state index contributed by atoms with van der Waals surface area (Å²) >= 11 is 0. The van der Waals surface area contributed by atoms with Gasteiger partial charge in [0.25, 0.3) is 0 Å². The van der Waals surface area contributed by atoms with Crippen LogP contribution in [-0.4, -0.2) is 98.8 Å². The number of ether oxygens (including phenoxy) is 2. The third-order valence-corrected chi connectivity index (χ3v) is 12.8. The number of rotatable bonds is 10. The monoisotopic (exact) mass is 688 g/mol. The summed E-state index contributed by atoms with van der Waals surface area (Å²) in [4.78, 5) is 24.4. The Balaban J connectivity index is 1.40. The molecule has 13 nitrogen and oxygen atoms in total. The maximum Gasteiger partial charge on any atom is 0.397 e. The van der Waals surface area contributed by atoms with Crippen LogP contribution in [0.1, 0.15) is 92.4 Å². The molecule has 6 N–H and O–H groups in total. The first-order valence-electron chi connectivity index (χ1n) is 16.9. The van der Waals surface area contributed by atoms with Gasteiger partial charge in [-0.05, 0) is 92.3 Å². The minimum Gasteiger partial charge on any atom is -0.479 e. The lowest BCUT2D eigenvalue weighted by molar-refractivity contribution is -0.309. The van der Waals surface area contributed by atoms with Crippen molar-refractivity contribution in [2.45, 2.75) is 141 Å². The van der Waals surface area contributed by atoms with E-state index in [9.17, 15) is 48.1 Å². The van der Waals surface area contributed by atoms with Crippen LogP contribution in [0, 0.1) is 40.4 Å². The fourth-order valence-electron chi connectivity index (χ4n) is 10.3. The quantitative estimate of drug-likeness (QED) is 0.111. The van der Waals surface area contributed by atoms with E-state index in [1.165, 1.54) is 5.57 Å². The Hall–Kier alpha value is -1.49. The first-order valence-corrected chi connectivity index (χ1v) is 18.2. The molecule has 5 rings (SSSR count). The van der Waals surface area contributed by atoms with Crippen molar-refractivity contribution in [3.63, 3.8) is 0 Å². The molecule has 1 aliphatic heterocycles. The number of carboxylic acid groups (broad SMARTS) is 1. The minimum atomic E-state index is -4.85. The lowest BCUT2D eigenvalue weighted by atomic mass is 9.47. The number of Topliss-reactive ketones (excluding diaryl/α,β-unsaturated/α-hetero) is 1. The smallest absolute Gasteiger partial charge is 0.397 e. The summed E-state index contributed by atoms with van der Waals surface area (Å²) in [7, 11) is -4.85. The second kappa shape index (κ2) is 13.0. The Labute approximate surface area is 276 Å². The lowest BCUT2D eigenvalue weighted by Gasteiger charge is -2.59. The molecule has 0 aromatic rings. The number of aliphatic carboxylic acids is 1. The van der Waals surface area contributed by atoms with E-state index >= 15 is 0 Å². The molecule has 0 amide bonds. The molecule has 47 heavy (non-hydrogen) atoms. The van der Waals surface area contributed by atoms with Gasteiger partial charge in [-0.15, -0.1) is 0 Å². The third kappa shape index (κ3) is 6.96. The van der Waals surface area contributed by atoms with Crippen molar-refractivity contribution in [1.29, 1.82) is 0 Å². The average molecular weight is 689 g/mol. The van der Waals surface area contributed by atoms with Crippen molar-refractivity contribution in [3.8, 4) is 0 Å². The number of allylic oxidation sites excluding steroid dienone is 2. The van der Waals surface area contributed by atoms with Gasteiger partial charge in [-0.2, -0.15) is 8.42 Å². The van der Waals surface area contributed by atoms with E-state index < -0.39 is 76.2 Å². The van der Waals surface area contributed by atoms with Gasteiger partial charge in [-0.3, -0.25) is 9.35 Å². The molecule has 0 aromatic carbocycles. The SMILES string of the molecule is CC(C)CC(=O)C[C@](C)(O)[C@H]1CC[C@H]2[C@@H]3CC(OS(=O)(=O)O)C4C[C@@H](O[C@@H]5O[C@H](C(=O)O)[C@@H](O)[C@H](O)[C@H]5O)CC[C@]4(C)C3=CC[C@@]21C. The highest BCUT2D eigenvalue weighted by molar-refractivity contribution is 7.80. The number of aliphatic hydroxyl groups is 4. The molecule has 0 bridgehead atoms. The molecule has 2 unspecified atom stereocenters. The molecule has 0 radical (unpaired) electrons. The number of aliphatic hydroxyl groups excluding tert-OH is 3. The van der Waals surface area contributed by atoms with Gasteiger partial charge >= 0.3 is 16.4 Å². The molecular weight excluding hydrogens is 636 g/mol. The molecule has 0 aromatic heterocycles. The summed E-state index contributed by atoms with van der Waals surface area (Å²) in [6.45, 7) is 9.94. The summed E-state index contributed by atoms with van der Waals surface area (Å²) in [6.07, 6.45) is -3.90. The summed E-state index contributed by atoms with van der Waals surface area (Å²) in [5.74, 6) is -1.88. The number of ketones is 1. The Morgan fingerprint density at radius 3 is 2.36 bits per heavy atom. The van der Waals surface area contributed by atoms with E-state index in [0.29, 0.717) is 32.1 Å². The predicted molar refractivity (Wildman–Crippen MR) is 166 cm³/mol. The molecule has 14 atom stereocenters. The van der Waals surface area contributed by atoms with E-state index in [1.807, 2.05) is 13.8 Å². The zero-order chi connectivity index (χ0) is 34.9. The zero-order valence-corrected chi connectivity index (χ0v) is 28.6. The van der Waals surface area contributed by atoms with Crippen molar-refractivity contribution < 1.29 is 61.7 Å². The molecule has 4 aliphatic carbocycles. The maximum absolute atomic E-state index is 12.8. The molecule has 3 saturated carbocycles. The molecule has 14 heteroatoms. The van der Waals surface area contributed by atoms with Gasteiger partial charge < -0.3 is 35.0 Å². The number of carbonyl (C=O) groups is 2. The fourth-order valence-corrected chi connectivity index (χ4v) is 10.8. The van der Waals surface area contributed by atoms with E-state index in [4.69, 9.17) is 13.7 Å². The van der Waals surface area contributed by atoms with Gasteiger partial charge in [0, 0.05) is 12.8 Å². The van der Waals surface area contributed by atoms with Crippen molar-refractivity contribution in [1.82, 2.24) is 0 Å². The summed E-state index contributed by atoms with van der Waals surface area (Å²) in [5.41, 5.74) is -0.897. The average Bonchev–Trinajstić information content (AvgIpc) is 3.30. The molecular formula is C33H52O13S. The van der Waals surface area contributed by atoms with Crippen LogP contribution in [-0.2, 0) is 33.6 Å². The molecule has 268 valence electrons.